The summed E-state index contributed by atoms with van der Waals surface area (Å²) in [6.07, 6.45) is 4.14. The Morgan fingerprint density at radius 1 is 1.03 bits per heavy atom. The summed E-state index contributed by atoms with van der Waals surface area (Å²) in [5.41, 5.74) is 3.45. The summed E-state index contributed by atoms with van der Waals surface area (Å²) in [5.74, 6) is 0.863. The van der Waals surface area contributed by atoms with E-state index in [1.165, 1.54) is 30.5 Å². The minimum absolute atomic E-state index is 0.0575. The van der Waals surface area contributed by atoms with E-state index in [0.717, 1.165) is 24.4 Å². The third-order valence-corrected chi connectivity index (χ3v) is 5.64. The Balaban J connectivity index is 1.65. The Labute approximate surface area is 174 Å². The number of rotatable bonds is 8. The summed E-state index contributed by atoms with van der Waals surface area (Å²) in [4.78, 5) is 17.2. The molecule has 3 rings (SSSR count). The minimum atomic E-state index is 0.0575. The van der Waals surface area contributed by atoms with E-state index in [1.54, 1.807) is 7.11 Å². The summed E-state index contributed by atoms with van der Waals surface area (Å²) < 4.78 is 5.18. The summed E-state index contributed by atoms with van der Waals surface area (Å²) in [6, 6.07) is 16.6. The van der Waals surface area contributed by atoms with Gasteiger partial charge < -0.3 is 15.0 Å². The van der Waals surface area contributed by atoms with Gasteiger partial charge in [0.25, 0.3) is 0 Å². The fraction of sp³-hybridized carbons (Fsp3) is 0.458. The molecule has 1 atom stereocenters. The van der Waals surface area contributed by atoms with Gasteiger partial charge in [-0.1, -0.05) is 30.7 Å². The minimum Gasteiger partial charge on any atom is -0.497 e. The summed E-state index contributed by atoms with van der Waals surface area (Å²) in [6.45, 7) is 2.82. The van der Waals surface area contributed by atoms with Gasteiger partial charge in [-0.15, -0.1) is 0 Å². The monoisotopic (exact) mass is 395 g/mol. The van der Waals surface area contributed by atoms with Crippen LogP contribution in [0, 0.1) is 0 Å². The van der Waals surface area contributed by atoms with E-state index in [1.807, 2.05) is 24.3 Å². The Kier molecular flexibility index (Phi) is 7.53. The van der Waals surface area contributed by atoms with E-state index < -0.39 is 0 Å². The number of nitrogens with one attached hydrogen (secondary N) is 1. The number of carbonyl (C=O) groups is 1. The van der Waals surface area contributed by atoms with Gasteiger partial charge in [0.1, 0.15) is 5.75 Å². The Bertz CT molecular complexity index is 766. The maximum absolute atomic E-state index is 12.6. The fourth-order valence-corrected chi connectivity index (χ4v) is 3.88. The number of ether oxygens (including phenoxy) is 1. The van der Waals surface area contributed by atoms with Crippen LogP contribution in [0.2, 0.25) is 0 Å². The number of benzene rings is 2. The van der Waals surface area contributed by atoms with E-state index >= 15 is 0 Å². The van der Waals surface area contributed by atoms with Crippen molar-refractivity contribution < 1.29 is 9.53 Å². The zero-order valence-electron chi connectivity index (χ0n) is 17.9. The number of methoxy groups -OCH3 is 1. The van der Waals surface area contributed by atoms with Crippen LogP contribution in [0.4, 0.5) is 5.69 Å². The molecule has 1 N–H and O–H groups in total. The normalized spacial score (nSPS) is 15.6. The number of anilines is 1. The van der Waals surface area contributed by atoms with Crippen LogP contribution in [-0.4, -0.2) is 51.6 Å². The second-order valence-electron chi connectivity index (χ2n) is 7.93. The van der Waals surface area contributed by atoms with E-state index in [9.17, 15) is 4.79 Å². The van der Waals surface area contributed by atoms with Crippen LogP contribution >= 0.6 is 0 Å². The van der Waals surface area contributed by atoms with Crippen LogP contribution in [0.5, 0.6) is 5.75 Å². The number of amides is 1. The number of hydrogen-bond acceptors (Lipinski definition) is 4. The van der Waals surface area contributed by atoms with Crippen molar-refractivity contribution in [3.63, 3.8) is 0 Å². The standard InChI is InChI=1S/C24H33N3O2/c1-26(2)21-11-9-20(10-12-21)23(27-15-5-4-6-16-27)18-25-24(28)17-19-7-13-22(29-3)14-8-19/h7-14,23H,4-6,15-18H2,1-3H3,(H,25,28). The van der Waals surface area contributed by atoms with Crippen molar-refractivity contribution in [2.24, 2.45) is 0 Å². The molecule has 29 heavy (non-hydrogen) atoms. The highest BCUT2D eigenvalue weighted by molar-refractivity contribution is 5.78. The van der Waals surface area contributed by atoms with Crippen molar-refractivity contribution in [2.45, 2.75) is 31.7 Å². The largest absolute Gasteiger partial charge is 0.497 e. The van der Waals surface area contributed by atoms with Crippen molar-refractivity contribution in [3.8, 4) is 5.75 Å². The van der Waals surface area contributed by atoms with Crippen molar-refractivity contribution in [1.82, 2.24) is 10.2 Å². The first-order chi connectivity index (χ1) is 14.1. The van der Waals surface area contributed by atoms with Crippen molar-refractivity contribution in [1.29, 1.82) is 0 Å². The molecule has 1 heterocycles. The maximum atomic E-state index is 12.6. The molecule has 1 saturated heterocycles. The number of likely N-dealkylation sites (tertiary alicyclic amines) is 1. The van der Waals surface area contributed by atoms with Crippen LogP contribution in [-0.2, 0) is 11.2 Å². The highest BCUT2D eigenvalue weighted by atomic mass is 16.5. The average Bonchev–Trinajstić information content (AvgIpc) is 2.75. The molecular formula is C24H33N3O2. The van der Waals surface area contributed by atoms with Crippen LogP contribution < -0.4 is 15.0 Å². The highest BCUT2D eigenvalue weighted by Gasteiger charge is 2.23. The number of carbonyl (C=O) groups excluding carboxylic acids is 1. The topological polar surface area (TPSA) is 44.8 Å². The molecule has 1 unspecified atom stereocenters. The van der Waals surface area contributed by atoms with Gasteiger partial charge in [0.05, 0.1) is 19.6 Å². The van der Waals surface area contributed by atoms with E-state index in [-0.39, 0.29) is 11.9 Å². The zero-order chi connectivity index (χ0) is 20.6. The molecule has 0 radical (unpaired) electrons. The molecule has 0 spiro atoms. The van der Waals surface area contributed by atoms with Gasteiger partial charge >= 0.3 is 0 Å². The average molecular weight is 396 g/mol. The number of nitrogens with zero attached hydrogens (tertiary/aromatic N) is 2. The van der Waals surface area contributed by atoms with Gasteiger partial charge in [-0.25, -0.2) is 0 Å². The Morgan fingerprint density at radius 3 is 2.28 bits per heavy atom. The predicted octanol–water partition coefficient (Wildman–Crippen LogP) is 3.65. The first-order valence-corrected chi connectivity index (χ1v) is 10.5. The molecular weight excluding hydrogens is 362 g/mol. The maximum Gasteiger partial charge on any atom is 0.224 e. The molecule has 1 aliphatic heterocycles. The SMILES string of the molecule is COc1ccc(CC(=O)NCC(c2ccc(N(C)C)cc2)N2CCCCC2)cc1. The molecule has 156 valence electrons. The second-order valence-corrected chi connectivity index (χ2v) is 7.93. The molecule has 5 nitrogen and oxygen atoms in total. The Hall–Kier alpha value is -2.53. The molecule has 1 amide bonds. The van der Waals surface area contributed by atoms with E-state index in [0.29, 0.717) is 13.0 Å². The third-order valence-electron chi connectivity index (χ3n) is 5.64. The molecule has 1 fully saturated rings. The molecule has 1 aliphatic rings. The molecule has 0 saturated carbocycles. The van der Waals surface area contributed by atoms with Crippen molar-refractivity contribution in [3.05, 3.63) is 59.7 Å². The summed E-state index contributed by atoms with van der Waals surface area (Å²) in [5, 5.41) is 3.17. The van der Waals surface area contributed by atoms with Crippen molar-refractivity contribution in [2.75, 3.05) is 45.7 Å². The van der Waals surface area contributed by atoms with Crippen LogP contribution in [0.1, 0.15) is 36.4 Å². The zero-order valence-corrected chi connectivity index (χ0v) is 17.9. The number of piperidine rings is 1. The fourth-order valence-electron chi connectivity index (χ4n) is 3.88. The van der Waals surface area contributed by atoms with Gasteiger partial charge in [-0.05, 0) is 61.3 Å². The second kappa shape index (κ2) is 10.3. The number of hydrogen-bond donors (Lipinski definition) is 1. The third kappa shape index (κ3) is 5.97. The lowest BCUT2D eigenvalue weighted by Gasteiger charge is -2.35. The molecule has 2 aromatic carbocycles. The van der Waals surface area contributed by atoms with Gasteiger partial charge in [0, 0.05) is 26.3 Å². The van der Waals surface area contributed by atoms with Crippen LogP contribution in [0.3, 0.4) is 0 Å². The van der Waals surface area contributed by atoms with Crippen molar-refractivity contribution >= 4 is 11.6 Å². The first-order valence-electron chi connectivity index (χ1n) is 10.5. The highest BCUT2D eigenvalue weighted by Crippen LogP contribution is 2.26. The predicted molar refractivity (Wildman–Crippen MR) is 119 cm³/mol. The molecule has 0 aliphatic carbocycles. The molecule has 5 heteroatoms. The molecule has 0 aromatic heterocycles. The van der Waals surface area contributed by atoms with E-state index in [4.69, 9.17) is 4.74 Å². The molecule has 2 aromatic rings. The van der Waals surface area contributed by atoms with Crippen LogP contribution in [0.25, 0.3) is 0 Å². The summed E-state index contributed by atoms with van der Waals surface area (Å²) >= 11 is 0. The molecule has 0 bridgehead atoms. The van der Waals surface area contributed by atoms with E-state index in [2.05, 4.69) is 53.5 Å². The lowest BCUT2D eigenvalue weighted by Crippen LogP contribution is -2.41. The lowest BCUT2D eigenvalue weighted by molar-refractivity contribution is -0.120. The van der Waals surface area contributed by atoms with Gasteiger partial charge in [0.15, 0.2) is 0 Å². The lowest BCUT2D eigenvalue weighted by atomic mass is 10.0. The van der Waals surface area contributed by atoms with Gasteiger partial charge in [0.2, 0.25) is 5.91 Å². The van der Waals surface area contributed by atoms with Crippen LogP contribution in [0.15, 0.2) is 48.5 Å². The quantitative estimate of drug-likeness (QED) is 0.741. The van der Waals surface area contributed by atoms with Gasteiger partial charge in [-0.3, -0.25) is 9.69 Å². The smallest absolute Gasteiger partial charge is 0.224 e. The van der Waals surface area contributed by atoms with Gasteiger partial charge in [-0.2, -0.15) is 0 Å². The summed E-state index contributed by atoms with van der Waals surface area (Å²) in [7, 11) is 5.75. The first kappa shape index (κ1) is 21.2. The Morgan fingerprint density at radius 2 is 1.69 bits per heavy atom.